The summed E-state index contributed by atoms with van der Waals surface area (Å²) in [5.74, 6) is 1.62. The van der Waals surface area contributed by atoms with Crippen molar-refractivity contribution in [2.45, 2.75) is 46.0 Å². The van der Waals surface area contributed by atoms with E-state index in [4.69, 9.17) is 5.73 Å². The fourth-order valence-corrected chi connectivity index (χ4v) is 2.98. The van der Waals surface area contributed by atoms with Gasteiger partial charge in [-0.1, -0.05) is 44.7 Å². The molecule has 1 aromatic rings. The summed E-state index contributed by atoms with van der Waals surface area (Å²) in [6, 6.07) is 5.60. The molecule has 0 atom stereocenters. The molecule has 0 bridgehead atoms. The van der Waals surface area contributed by atoms with Gasteiger partial charge in [0.15, 0.2) is 0 Å². The number of nitrogens with two attached hydrogens (primary N) is 1. The van der Waals surface area contributed by atoms with Crippen LogP contribution in [0.1, 0.15) is 54.9 Å². The zero-order chi connectivity index (χ0) is 14.5. The van der Waals surface area contributed by atoms with Crippen LogP contribution >= 0.6 is 0 Å². The largest absolute Gasteiger partial charge is 0.398 e. The van der Waals surface area contributed by atoms with Gasteiger partial charge in [-0.05, 0) is 36.8 Å². The van der Waals surface area contributed by atoms with E-state index in [1.165, 1.54) is 25.7 Å². The van der Waals surface area contributed by atoms with Gasteiger partial charge in [0.2, 0.25) is 0 Å². The number of aryl methyl sites for hydroxylation is 1. The summed E-state index contributed by atoms with van der Waals surface area (Å²) in [4.78, 5) is 12.1. The van der Waals surface area contributed by atoms with Crippen LogP contribution in [0.4, 0.5) is 5.69 Å². The molecule has 1 aliphatic rings. The third kappa shape index (κ3) is 3.75. The Morgan fingerprint density at radius 2 is 2.00 bits per heavy atom. The minimum atomic E-state index is -0.0459. The molecule has 3 N–H and O–H groups in total. The van der Waals surface area contributed by atoms with Crippen molar-refractivity contribution in [3.63, 3.8) is 0 Å². The van der Waals surface area contributed by atoms with E-state index in [-0.39, 0.29) is 5.91 Å². The van der Waals surface area contributed by atoms with Crippen molar-refractivity contribution in [2.24, 2.45) is 11.8 Å². The fourth-order valence-electron chi connectivity index (χ4n) is 2.98. The first kappa shape index (κ1) is 14.9. The highest BCUT2D eigenvalue weighted by Gasteiger charge is 2.18. The predicted octanol–water partition coefficient (Wildman–Crippen LogP) is 3.52. The predicted molar refractivity (Wildman–Crippen MR) is 83.7 cm³/mol. The molecule has 0 heterocycles. The first-order chi connectivity index (χ1) is 9.58. The molecule has 20 heavy (non-hydrogen) atoms. The molecule has 1 aliphatic carbocycles. The number of hydrogen-bond donors (Lipinski definition) is 2. The van der Waals surface area contributed by atoms with Crippen LogP contribution in [0.2, 0.25) is 0 Å². The average molecular weight is 274 g/mol. The number of hydrogen-bond acceptors (Lipinski definition) is 2. The SMILES string of the molecule is Cc1cccc(C(=O)NCCC2CCC(C)CC2)c1N. The van der Waals surface area contributed by atoms with Gasteiger partial charge in [-0.3, -0.25) is 4.79 Å². The summed E-state index contributed by atoms with van der Waals surface area (Å²) in [6.45, 7) is 5.01. The van der Waals surface area contributed by atoms with E-state index >= 15 is 0 Å². The summed E-state index contributed by atoms with van der Waals surface area (Å²) in [5.41, 5.74) is 8.10. The maximum absolute atomic E-state index is 12.1. The van der Waals surface area contributed by atoms with Crippen molar-refractivity contribution < 1.29 is 4.79 Å². The number of carbonyl (C=O) groups is 1. The number of para-hydroxylation sites is 1. The highest BCUT2D eigenvalue weighted by molar-refractivity contribution is 5.99. The van der Waals surface area contributed by atoms with Gasteiger partial charge in [-0.2, -0.15) is 0 Å². The zero-order valence-corrected chi connectivity index (χ0v) is 12.6. The maximum Gasteiger partial charge on any atom is 0.253 e. The number of nitrogens with one attached hydrogen (secondary N) is 1. The number of rotatable bonds is 4. The molecule has 0 aromatic heterocycles. The quantitative estimate of drug-likeness (QED) is 0.825. The normalized spacial score (nSPS) is 22.5. The Labute approximate surface area is 121 Å². The Bertz CT molecular complexity index is 462. The minimum absolute atomic E-state index is 0.0459. The summed E-state index contributed by atoms with van der Waals surface area (Å²) in [6.07, 6.45) is 6.38. The zero-order valence-electron chi connectivity index (χ0n) is 12.6. The summed E-state index contributed by atoms with van der Waals surface area (Å²) < 4.78 is 0. The van der Waals surface area contributed by atoms with Crippen LogP contribution in [0, 0.1) is 18.8 Å². The Morgan fingerprint density at radius 1 is 1.30 bits per heavy atom. The molecule has 0 radical (unpaired) electrons. The van der Waals surface area contributed by atoms with E-state index in [0.29, 0.717) is 11.3 Å². The molecule has 3 heteroatoms. The Balaban J connectivity index is 1.79. The van der Waals surface area contributed by atoms with Gasteiger partial charge < -0.3 is 11.1 Å². The molecule has 0 saturated heterocycles. The van der Waals surface area contributed by atoms with Gasteiger partial charge in [0.05, 0.1) is 5.56 Å². The van der Waals surface area contributed by atoms with Gasteiger partial charge in [0, 0.05) is 12.2 Å². The van der Waals surface area contributed by atoms with Crippen LogP contribution in [-0.4, -0.2) is 12.5 Å². The van der Waals surface area contributed by atoms with E-state index in [1.54, 1.807) is 6.07 Å². The standard InChI is InChI=1S/C17H26N2O/c1-12-6-8-14(9-7-12)10-11-19-17(20)15-5-3-4-13(2)16(15)18/h3-5,12,14H,6-11,18H2,1-2H3,(H,19,20). The smallest absolute Gasteiger partial charge is 0.253 e. The Hall–Kier alpha value is -1.51. The lowest BCUT2D eigenvalue weighted by Crippen LogP contribution is -2.27. The fraction of sp³-hybridized carbons (Fsp3) is 0.588. The van der Waals surface area contributed by atoms with Gasteiger partial charge in [0.25, 0.3) is 5.91 Å². The highest BCUT2D eigenvalue weighted by Crippen LogP contribution is 2.29. The first-order valence-electron chi connectivity index (χ1n) is 7.71. The monoisotopic (exact) mass is 274 g/mol. The van der Waals surface area contributed by atoms with Crippen LogP contribution in [0.3, 0.4) is 0 Å². The number of carbonyl (C=O) groups excluding carboxylic acids is 1. The number of amides is 1. The van der Waals surface area contributed by atoms with Gasteiger partial charge in [-0.25, -0.2) is 0 Å². The summed E-state index contributed by atoms with van der Waals surface area (Å²) in [7, 11) is 0. The van der Waals surface area contributed by atoms with E-state index in [9.17, 15) is 4.79 Å². The van der Waals surface area contributed by atoms with Crippen molar-refractivity contribution in [2.75, 3.05) is 12.3 Å². The van der Waals surface area contributed by atoms with E-state index in [2.05, 4.69) is 12.2 Å². The molecule has 2 rings (SSSR count). The van der Waals surface area contributed by atoms with Crippen molar-refractivity contribution >= 4 is 11.6 Å². The molecular weight excluding hydrogens is 248 g/mol. The van der Waals surface area contributed by atoms with Crippen molar-refractivity contribution in [3.05, 3.63) is 29.3 Å². The van der Waals surface area contributed by atoms with E-state index in [0.717, 1.165) is 30.4 Å². The van der Waals surface area contributed by atoms with Gasteiger partial charge in [0.1, 0.15) is 0 Å². The molecular formula is C17H26N2O. The topological polar surface area (TPSA) is 55.1 Å². The molecule has 1 aromatic carbocycles. The summed E-state index contributed by atoms with van der Waals surface area (Å²) in [5, 5.41) is 3.01. The molecule has 0 unspecified atom stereocenters. The van der Waals surface area contributed by atoms with Gasteiger partial charge in [-0.15, -0.1) is 0 Å². The maximum atomic E-state index is 12.1. The average Bonchev–Trinajstić information content (AvgIpc) is 2.44. The number of benzene rings is 1. The van der Waals surface area contributed by atoms with E-state index < -0.39 is 0 Å². The Morgan fingerprint density at radius 3 is 2.70 bits per heavy atom. The highest BCUT2D eigenvalue weighted by atomic mass is 16.1. The number of nitrogen functional groups attached to an aromatic ring is 1. The third-order valence-electron chi connectivity index (χ3n) is 4.54. The molecule has 1 amide bonds. The second-order valence-corrected chi connectivity index (χ2v) is 6.21. The number of anilines is 1. The van der Waals surface area contributed by atoms with Crippen molar-refractivity contribution in [1.82, 2.24) is 5.32 Å². The molecule has 1 fully saturated rings. The van der Waals surface area contributed by atoms with Crippen LogP contribution in [-0.2, 0) is 0 Å². The minimum Gasteiger partial charge on any atom is -0.398 e. The Kier molecular flexibility index (Phi) is 5.05. The molecule has 110 valence electrons. The van der Waals surface area contributed by atoms with Crippen molar-refractivity contribution in [3.8, 4) is 0 Å². The molecule has 1 saturated carbocycles. The van der Waals surface area contributed by atoms with Crippen LogP contribution < -0.4 is 11.1 Å². The van der Waals surface area contributed by atoms with Gasteiger partial charge >= 0.3 is 0 Å². The van der Waals surface area contributed by atoms with Crippen LogP contribution in [0.25, 0.3) is 0 Å². The summed E-state index contributed by atoms with van der Waals surface area (Å²) >= 11 is 0. The van der Waals surface area contributed by atoms with Crippen LogP contribution in [0.15, 0.2) is 18.2 Å². The van der Waals surface area contributed by atoms with Crippen LogP contribution in [0.5, 0.6) is 0 Å². The van der Waals surface area contributed by atoms with E-state index in [1.807, 2.05) is 19.1 Å². The second-order valence-electron chi connectivity index (χ2n) is 6.21. The third-order valence-corrected chi connectivity index (χ3v) is 4.54. The second kappa shape index (κ2) is 6.78. The lowest BCUT2D eigenvalue weighted by Gasteiger charge is -2.26. The first-order valence-corrected chi connectivity index (χ1v) is 7.71. The lowest BCUT2D eigenvalue weighted by atomic mass is 9.81. The molecule has 0 aliphatic heterocycles. The molecule has 0 spiro atoms. The molecule has 3 nitrogen and oxygen atoms in total. The van der Waals surface area contributed by atoms with Crippen molar-refractivity contribution in [1.29, 1.82) is 0 Å². The lowest BCUT2D eigenvalue weighted by molar-refractivity contribution is 0.0950.